The number of halogens is 1. The minimum absolute atomic E-state index is 0.206. The number of ether oxygens (including phenoxy) is 1. The number of hydrogen-bond acceptors (Lipinski definition) is 5. The normalized spacial score (nSPS) is 10.6. The van der Waals surface area contributed by atoms with Gasteiger partial charge < -0.3 is 21.5 Å². The van der Waals surface area contributed by atoms with Crippen molar-refractivity contribution in [1.29, 1.82) is 0 Å². The molecule has 0 bridgehead atoms. The zero-order valence-electron chi connectivity index (χ0n) is 16.7. The number of thiophene rings is 1. The van der Waals surface area contributed by atoms with Crippen molar-refractivity contribution in [3.63, 3.8) is 0 Å². The van der Waals surface area contributed by atoms with Crippen LogP contribution in [-0.4, -0.2) is 31.6 Å². The Labute approximate surface area is 189 Å². The minimum Gasteiger partial charge on any atom is -0.492 e. The molecule has 1 aromatic heterocycles. The predicted octanol–water partition coefficient (Wildman–Crippen LogP) is 3.87. The summed E-state index contributed by atoms with van der Waals surface area (Å²) in [6.45, 7) is 1.97. The maximum absolute atomic E-state index is 11.7. The first-order chi connectivity index (χ1) is 14.9. The molecular weight excluding hydrogens is 436 g/mol. The number of carbonyl (C=O) groups is 2. The lowest BCUT2D eigenvalue weighted by atomic mass is 10.1. The van der Waals surface area contributed by atoms with Gasteiger partial charge >= 0.3 is 6.03 Å². The van der Waals surface area contributed by atoms with Crippen LogP contribution < -0.4 is 26.8 Å². The second-order valence-electron chi connectivity index (χ2n) is 6.68. The molecule has 0 unspecified atom stereocenters. The van der Waals surface area contributed by atoms with E-state index in [0.717, 1.165) is 28.4 Å². The summed E-state index contributed by atoms with van der Waals surface area (Å²) >= 11 is 7.11. The van der Waals surface area contributed by atoms with Gasteiger partial charge in [0, 0.05) is 22.0 Å². The zero-order chi connectivity index (χ0) is 22.2. The van der Waals surface area contributed by atoms with E-state index in [1.165, 1.54) is 16.9 Å². The van der Waals surface area contributed by atoms with Gasteiger partial charge in [0.1, 0.15) is 17.4 Å². The van der Waals surface area contributed by atoms with Gasteiger partial charge in [0.05, 0.1) is 5.56 Å². The first kappa shape index (κ1) is 22.6. The monoisotopic (exact) mass is 458 g/mol. The number of carbonyl (C=O) groups excluding carboxylic acids is 2. The summed E-state index contributed by atoms with van der Waals surface area (Å²) in [6.07, 6.45) is 0.897. The van der Waals surface area contributed by atoms with Crippen LogP contribution in [0.15, 0.2) is 54.6 Å². The second-order valence-corrected chi connectivity index (χ2v) is 8.17. The highest BCUT2D eigenvalue weighted by Gasteiger charge is 2.18. The minimum atomic E-state index is -0.759. The van der Waals surface area contributed by atoms with Crippen LogP contribution in [0.3, 0.4) is 0 Å². The van der Waals surface area contributed by atoms with Gasteiger partial charge in [0.15, 0.2) is 0 Å². The molecule has 1 heterocycles. The molecule has 0 saturated heterocycles. The topological polar surface area (TPSA) is 119 Å². The summed E-state index contributed by atoms with van der Waals surface area (Å²) < 4.78 is 5.95. The number of primary amides is 2. The highest BCUT2D eigenvalue weighted by molar-refractivity contribution is 7.20. The van der Waals surface area contributed by atoms with E-state index in [-0.39, 0.29) is 5.56 Å². The number of benzene rings is 2. The van der Waals surface area contributed by atoms with Gasteiger partial charge in [-0.3, -0.25) is 10.1 Å². The maximum Gasteiger partial charge on any atom is 0.317 e. The summed E-state index contributed by atoms with van der Waals surface area (Å²) in [5.41, 5.74) is 12.8. The lowest BCUT2D eigenvalue weighted by Gasteiger charge is -2.11. The van der Waals surface area contributed by atoms with Gasteiger partial charge in [-0.2, -0.15) is 0 Å². The Hall–Kier alpha value is -3.07. The summed E-state index contributed by atoms with van der Waals surface area (Å²) in [4.78, 5) is 23.7. The van der Waals surface area contributed by atoms with Crippen molar-refractivity contribution in [1.82, 2.24) is 5.32 Å². The van der Waals surface area contributed by atoms with E-state index in [4.69, 9.17) is 27.8 Å². The third-order valence-corrected chi connectivity index (χ3v) is 5.76. The number of urea groups is 1. The lowest BCUT2D eigenvalue weighted by molar-refractivity contribution is 0.100. The van der Waals surface area contributed by atoms with Gasteiger partial charge in [-0.15, -0.1) is 11.3 Å². The smallest absolute Gasteiger partial charge is 0.317 e. The van der Waals surface area contributed by atoms with Crippen LogP contribution in [0.1, 0.15) is 15.9 Å². The van der Waals surface area contributed by atoms with E-state index in [2.05, 4.69) is 10.6 Å². The van der Waals surface area contributed by atoms with Gasteiger partial charge in [-0.1, -0.05) is 35.9 Å². The molecule has 0 aliphatic rings. The summed E-state index contributed by atoms with van der Waals surface area (Å²) in [7, 11) is 0. The summed E-state index contributed by atoms with van der Waals surface area (Å²) in [5.74, 6) is 0.0273. The molecule has 3 rings (SSSR count). The Morgan fingerprint density at radius 3 is 2.48 bits per heavy atom. The second kappa shape index (κ2) is 10.8. The molecule has 7 nitrogen and oxygen atoms in total. The van der Waals surface area contributed by atoms with Gasteiger partial charge in [-0.25, -0.2) is 4.79 Å². The number of nitrogens with two attached hydrogens (primary N) is 2. The molecule has 0 saturated carbocycles. The standard InChI is InChI=1S/C22H23ClN4O3S/c23-15-7-5-14(6-8-15)9-10-26-11-12-30-18-4-2-1-3-16(18)19-13-17(20(24)28)21(31-19)27-22(25)29/h1-8,13,26H,9-12H2,(H2,24,28)(H3,25,27,29). The first-order valence-electron chi connectivity index (χ1n) is 9.61. The van der Waals surface area contributed by atoms with Crippen LogP contribution in [0.25, 0.3) is 10.4 Å². The Morgan fingerprint density at radius 2 is 1.77 bits per heavy atom. The fourth-order valence-electron chi connectivity index (χ4n) is 2.95. The molecule has 0 atom stereocenters. The van der Waals surface area contributed by atoms with Crippen LogP contribution in [0.5, 0.6) is 5.75 Å². The van der Waals surface area contributed by atoms with Gasteiger partial charge in [-0.05, 0) is 48.9 Å². The zero-order valence-corrected chi connectivity index (χ0v) is 18.3. The average Bonchev–Trinajstić information content (AvgIpc) is 3.15. The molecule has 3 aromatic rings. The molecular formula is C22H23ClN4O3S. The SMILES string of the molecule is NC(=O)Nc1sc(-c2ccccc2OCCNCCc2ccc(Cl)cc2)cc1C(N)=O. The van der Waals surface area contributed by atoms with E-state index in [0.29, 0.717) is 23.9 Å². The van der Waals surface area contributed by atoms with Crippen molar-refractivity contribution >= 4 is 39.9 Å². The molecule has 31 heavy (non-hydrogen) atoms. The van der Waals surface area contributed by atoms with Crippen LogP contribution in [0.2, 0.25) is 5.02 Å². The maximum atomic E-state index is 11.7. The fraction of sp³-hybridized carbons (Fsp3) is 0.182. The van der Waals surface area contributed by atoms with E-state index in [9.17, 15) is 9.59 Å². The third kappa shape index (κ3) is 6.45. The van der Waals surface area contributed by atoms with Crippen LogP contribution in [0.4, 0.5) is 9.80 Å². The molecule has 0 radical (unpaired) electrons. The Kier molecular flexibility index (Phi) is 7.88. The highest BCUT2D eigenvalue weighted by atomic mass is 35.5. The average molecular weight is 459 g/mol. The predicted molar refractivity (Wildman–Crippen MR) is 125 cm³/mol. The molecule has 0 spiro atoms. The number of amides is 3. The number of rotatable bonds is 10. The Balaban J connectivity index is 1.58. The van der Waals surface area contributed by atoms with Gasteiger partial charge in [0.2, 0.25) is 0 Å². The molecule has 0 aliphatic heterocycles. The third-order valence-electron chi connectivity index (χ3n) is 4.43. The molecule has 2 aromatic carbocycles. The highest BCUT2D eigenvalue weighted by Crippen LogP contribution is 2.39. The summed E-state index contributed by atoms with van der Waals surface area (Å²) in [5, 5.41) is 6.84. The van der Waals surface area contributed by atoms with Crippen molar-refractivity contribution in [2.75, 3.05) is 25.0 Å². The molecule has 6 N–H and O–H groups in total. The molecule has 3 amide bonds. The van der Waals surface area contributed by atoms with Crippen LogP contribution >= 0.6 is 22.9 Å². The molecule has 162 valence electrons. The van der Waals surface area contributed by atoms with E-state index < -0.39 is 11.9 Å². The van der Waals surface area contributed by atoms with Crippen LogP contribution in [0, 0.1) is 0 Å². The lowest BCUT2D eigenvalue weighted by Crippen LogP contribution is -2.23. The Bertz CT molecular complexity index is 1050. The molecule has 9 heteroatoms. The van der Waals surface area contributed by atoms with Crippen LogP contribution in [-0.2, 0) is 6.42 Å². The molecule has 0 aliphatic carbocycles. The first-order valence-corrected chi connectivity index (χ1v) is 10.8. The number of nitrogens with one attached hydrogen (secondary N) is 2. The van der Waals surface area contributed by atoms with E-state index in [1.54, 1.807) is 6.07 Å². The number of anilines is 1. The van der Waals surface area contributed by atoms with Gasteiger partial charge in [0.25, 0.3) is 5.91 Å². The van der Waals surface area contributed by atoms with Crippen molar-refractivity contribution in [3.05, 3.63) is 70.7 Å². The number of hydrogen-bond donors (Lipinski definition) is 4. The largest absolute Gasteiger partial charge is 0.492 e. The van der Waals surface area contributed by atoms with Crippen molar-refractivity contribution in [3.8, 4) is 16.2 Å². The Morgan fingerprint density at radius 1 is 1.03 bits per heavy atom. The molecule has 0 fully saturated rings. The van der Waals surface area contributed by atoms with E-state index >= 15 is 0 Å². The summed E-state index contributed by atoms with van der Waals surface area (Å²) in [6, 6.07) is 16.1. The quantitative estimate of drug-likeness (QED) is 0.345. The van der Waals surface area contributed by atoms with E-state index in [1.807, 2.05) is 48.5 Å². The van der Waals surface area contributed by atoms with Crippen molar-refractivity contribution in [2.45, 2.75) is 6.42 Å². The number of para-hydroxylation sites is 1. The fourth-order valence-corrected chi connectivity index (χ4v) is 4.17. The van der Waals surface area contributed by atoms with Crippen molar-refractivity contribution < 1.29 is 14.3 Å². The van der Waals surface area contributed by atoms with Crippen molar-refractivity contribution in [2.24, 2.45) is 11.5 Å².